The number of nitrogens with zero attached hydrogens (tertiary/aromatic N) is 2. The van der Waals surface area contributed by atoms with E-state index >= 15 is 0 Å². The molecule has 0 atom stereocenters. The van der Waals surface area contributed by atoms with Crippen molar-refractivity contribution in [1.82, 2.24) is 9.97 Å². The Balaban J connectivity index is 1.37. The molecule has 0 unspecified atom stereocenters. The van der Waals surface area contributed by atoms with Gasteiger partial charge in [0.15, 0.2) is 5.82 Å². The van der Waals surface area contributed by atoms with Gasteiger partial charge in [0.25, 0.3) is 0 Å². The molecule has 0 spiro atoms. The molecule has 0 radical (unpaired) electrons. The van der Waals surface area contributed by atoms with E-state index < -0.39 is 0 Å². The molecule has 0 N–H and O–H groups in total. The topological polar surface area (TPSA) is 44.2 Å². The largest absolute Gasteiger partial charge is 0.494 e. The van der Waals surface area contributed by atoms with Gasteiger partial charge in [0, 0.05) is 18.0 Å². The summed E-state index contributed by atoms with van der Waals surface area (Å²) in [5.41, 5.74) is 3.35. The molecule has 36 heavy (non-hydrogen) atoms. The van der Waals surface area contributed by atoms with Crippen molar-refractivity contribution < 1.29 is 9.47 Å². The van der Waals surface area contributed by atoms with Crippen molar-refractivity contribution >= 4 is 0 Å². The van der Waals surface area contributed by atoms with Gasteiger partial charge in [0.2, 0.25) is 0 Å². The van der Waals surface area contributed by atoms with Crippen LogP contribution in [0.1, 0.15) is 95.6 Å². The number of aromatic nitrogens is 2. The highest BCUT2D eigenvalue weighted by atomic mass is 16.5. The van der Waals surface area contributed by atoms with Gasteiger partial charge in [-0.05, 0) is 66.8 Å². The third kappa shape index (κ3) is 10.4. The predicted octanol–water partition coefficient (Wildman–Crippen LogP) is 8.97. The summed E-state index contributed by atoms with van der Waals surface area (Å²) < 4.78 is 11.8. The lowest BCUT2D eigenvalue weighted by atomic mass is 10.1. The van der Waals surface area contributed by atoms with Crippen molar-refractivity contribution in [2.45, 2.75) is 97.5 Å². The number of benzene rings is 2. The summed E-state index contributed by atoms with van der Waals surface area (Å²) in [7, 11) is 0. The standard InChI is InChI=1S/C32H44N2O2/c1-3-5-7-9-10-11-12-14-28-24-33-32(34-25-28)29-17-21-31(22-18-29)36-26-27-15-19-30(20-16-27)35-23-13-8-6-4-2/h15-22,24-25H,3-14,23,26H2,1-2H3. The van der Waals surface area contributed by atoms with E-state index in [1.54, 1.807) is 0 Å². The third-order valence-electron chi connectivity index (χ3n) is 6.48. The van der Waals surface area contributed by atoms with Crippen LogP contribution in [-0.2, 0) is 13.0 Å². The van der Waals surface area contributed by atoms with E-state index in [9.17, 15) is 0 Å². The Morgan fingerprint density at radius 2 is 1.11 bits per heavy atom. The molecule has 2 aromatic carbocycles. The molecule has 194 valence electrons. The Labute approximate surface area is 218 Å². The van der Waals surface area contributed by atoms with Crippen molar-refractivity contribution in [3.8, 4) is 22.9 Å². The van der Waals surface area contributed by atoms with Gasteiger partial charge in [0.1, 0.15) is 18.1 Å². The molecule has 1 heterocycles. The second-order valence-corrected chi connectivity index (χ2v) is 9.65. The fourth-order valence-corrected chi connectivity index (χ4v) is 4.19. The van der Waals surface area contributed by atoms with Gasteiger partial charge in [-0.2, -0.15) is 0 Å². The molecule has 4 nitrogen and oxygen atoms in total. The number of hydrogen-bond acceptors (Lipinski definition) is 4. The maximum Gasteiger partial charge on any atom is 0.159 e. The van der Waals surface area contributed by atoms with Gasteiger partial charge < -0.3 is 9.47 Å². The van der Waals surface area contributed by atoms with Gasteiger partial charge in [-0.15, -0.1) is 0 Å². The van der Waals surface area contributed by atoms with Crippen LogP contribution in [0.15, 0.2) is 60.9 Å². The van der Waals surface area contributed by atoms with Crippen LogP contribution in [0.5, 0.6) is 11.5 Å². The average molecular weight is 489 g/mol. The molecule has 0 saturated heterocycles. The Hall–Kier alpha value is -2.88. The van der Waals surface area contributed by atoms with Crippen molar-refractivity contribution in [1.29, 1.82) is 0 Å². The van der Waals surface area contributed by atoms with Crippen molar-refractivity contribution in [2.75, 3.05) is 6.61 Å². The fourth-order valence-electron chi connectivity index (χ4n) is 4.19. The molecule has 0 amide bonds. The van der Waals surface area contributed by atoms with Crippen molar-refractivity contribution in [3.63, 3.8) is 0 Å². The minimum atomic E-state index is 0.528. The number of unbranched alkanes of at least 4 members (excludes halogenated alkanes) is 9. The number of hydrogen-bond donors (Lipinski definition) is 0. The first-order valence-electron chi connectivity index (χ1n) is 14.0. The molecule has 0 aliphatic carbocycles. The lowest BCUT2D eigenvalue weighted by Crippen LogP contribution is -1.99. The molecule has 0 aliphatic rings. The van der Waals surface area contributed by atoms with Crippen LogP contribution in [0.2, 0.25) is 0 Å². The minimum absolute atomic E-state index is 0.528. The summed E-state index contributed by atoms with van der Waals surface area (Å²) in [6.45, 7) is 5.80. The van der Waals surface area contributed by atoms with Crippen LogP contribution in [0.4, 0.5) is 0 Å². The van der Waals surface area contributed by atoms with E-state index in [1.807, 2.05) is 48.8 Å². The first-order chi connectivity index (χ1) is 17.8. The highest BCUT2D eigenvalue weighted by Crippen LogP contribution is 2.21. The van der Waals surface area contributed by atoms with Crippen LogP contribution in [0.25, 0.3) is 11.4 Å². The van der Waals surface area contributed by atoms with Crippen LogP contribution >= 0.6 is 0 Å². The van der Waals surface area contributed by atoms with Crippen molar-refractivity contribution in [2.24, 2.45) is 0 Å². The summed E-state index contributed by atoms with van der Waals surface area (Å²) in [6.07, 6.45) is 19.2. The van der Waals surface area contributed by atoms with Crippen LogP contribution in [0, 0.1) is 0 Å². The quantitative estimate of drug-likeness (QED) is 0.168. The summed E-state index contributed by atoms with van der Waals surface area (Å²) in [4.78, 5) is 9.18. The van der Waals surface area contributed by atoms with Crippen molar-refractivity contribution in [3.05, 3.63) is 72.1 Å². The number of aryl methyl sites for hydroxylation is 1. The fraction of sp³-hybridized carbons (Fsp3) is 0.500. The molecule has 1 aromatic heterocycles. The SMILES string of the molecule is CCCCCCCCCc1cnc(-c2ccc(OCc3ccc(OCCCCCC)cc3)cc2)nc1. The first kappa shape index (κ1) is 27.7. The average Bonchev–Trinajstić information content (AvgIpc) is 2.93. The minimum Gasteiger partial charge on any atom is -0.494 e. The van der Waals surface area contributed by atoms with E-state index in [-0.39, 0.29) is 0 Å². The lowest BCUT2D eigenvalue weighted by Gasteiger charge is -2.09. The predicted molar refractivity (Wildman–Crippen MR) is 150 cm³/mol. The Morgan fingerprint density at radius 1 is 0.556 bits per heavy atom. The van der Waals surface area contributed by atoms with Gasteiger partial charge in [0.05, 0.1) is 6.61 Å². The van der Waals surface area contributed by atoms with Crippen LogP contribution in [0.3, 0.4) is 0 Å². The molecule has 4 heteroatoms. The molecule has 0 bridgehead atoms. The molecular weight excluding hydrogens is 444 g/mol. The summed E-state index contributed by atoms with van der Waals surface area (Å²) >= 11 is 0. The van der Waals surface area contributed by atoms with E-state index in [2.05, 4.69) is 35.9 Å². The molecule has 0 fully saturated rings. The zero-order chi connectivity index (χ0) is 25.3. The van der Waals surface area contributed by atoms with E-state index in [0.717, 1.165) is 47.9 Å². The van der Waals surface area contributed by atoms with Gasteiger partial charge in [-0.25, -0.2) is 9.97 Å². The molecule has 0 saturated carbocycles. The summed E-state index contributed by atoms with van der Waals surface area (Å²) in [6, 6.07) is 16.2. The summed E-state index contributed by atoms with van der Waals surface area (Å²) in [5, 5.41) is 0. The molecule has 3 rings (SSSR count). The number of rotatable bonds is 18. The Bertz CT molecular complexity index is 953. The zero-order valence-electron chi connectivity index (χ0n) is 22.4. The molecule has 0 aliphatic heterocycles. The monoisotopic (exact) mass is 488 g/mol. The van der Waals surface area contributed by atoms with E-state index in [1.165, 1.54) is 69.8 Å². The Morgan fingerprint density at radius 3 is 1.78 bits per heavy atom. The highest BCUT2D eigenvalue weighted by molar-refractivity contribution is 5.55. The Kier molecular flexibility index (Phi) is 12.9. The van der Waals surface area contributed by atoms with E-state index in [0.29, 0.717) is 6.61 Å². The zero-order valence-corrected chi connectivity index (χ0v) is 22.4. The molecular formula is C32H44N2O2. The maximum absolute atomic E-state index is 5.97. The second kappa shape index (κ2) is 16.7. The number of ether oxygens (including phenoxy) is 2. The normalized spacial score (nSPS) is 10.9. The van der Waals surface area contributed by atoms with Gasteiger partial charge in [-0.1, -0.05) is 83.8 Å². The second-order valence-electron chi connectivity index (χ2n) is 9.65. The van der Waals surface area contributed by atoms with E-state index in [4.69, 9.17) is 9.47 Å². The third-order valence-corrected chi connectivity index (χ3v) is 6.48. The smallest absolute Gasteiger partial charge is 0.159 e. The maximum atomic E-state index is 5.97. The highest BCUT2D eigenvalue weighted by Gasteiger charge is 2.04. The van der Waals surface area contributed by atoms with Gasteiger partial charge in [-0.3, -0.25) is 0 Å². The summed E-state index contributed by atoms with van der Waals surface area (Å²) in [5.74, 6) is 2.52. The lowest BCUT2D eigenvalue weighted by molar-refractivity contribution is 0.300. The van der Waals surface area contributed by atoms with Gasteiger partial charge >= 0.3 is 0 Å². The first-order valence-corrected chi connectivity index (χ1v) is 14.0. The van der Waals surface area contributed by atoms with Crippen LogP contribution in [-0.4, -0.2) is 16.6 Å². The molecule has 3 aromatic rings. The van der Waals surface area contributed by atoms with Crippen LogP contribution < -0.4 is 9.47 Å².